The van der Waals surface area contributed by atoms with Crippen molar-refractivity contribution in [1.82, 2.24) is 0 Å². The Morgan fingerprint density at radius 1 is 1.19 bits per heavy atom. The zero-order valence-corrected chi connectivity index (χ0v) is 11.6. The van der Waals surface area contributed by atoms with Gasteiger partial charge in [0.25, 0.3) is 0 Å². The van der Waals surface area contributed by atoms with Crippen molar-refractivity contribution in [2.45, 2.75) is 5.92 Å². The van der Waals surface area contributed by atoms with E-state index in [1.807, 2.05) is 24.3 Å². The SMILES string of the molecule is NCC(c1ccc(Br)cc1)c1ccc(Cl)s1. The summed E-state index contributed by atoms with van der Waals surface area (Å²) in [6.45, 7) is 0.596. The fraction of sp³-hybridized carbons (Fsp3) is 0.167. The van der Waals surface area contributed by atoms with Crippen LogP contribution in [0.2, 0.25) is 4.34 Å². The maximum Gasteiger partial charge on any atom is 0.0931 e. The largest absolute Gasteiger partial charge is 0.329 e. The van der Waals surface area contributed by atoms with Crippen molar-refractivity contribution >= 4 is 38.9 Å². The fourth-order valence-electron chi connectivity index (χ4n) is 1.63. The highest BCUT2D eigenvalue weighted by molar-refractivity contribution is 9.10. The van der Waals surface area contributed by atoms with Crippen molar-refractivity contribution in [1.29, 1.82) is 0 Å². The molecular formula is C12H11BrClNS. The third-order valence-corrected chi connectivity index (χ3v) is 4.32. The van der Waals surface area contributed by atoms with Crippen LogP contribution < -0.4 is 5.73 Å². The minimum atomic E-state index is 0.241. The van der Waals surface area contributed by atoms with E-state index in [1.165, 1.54) is 10.4 Å². The van der Waals surface area contributed by atoms with Gasteiger partial charge >= 0.3 is 0 Å². The second-order valence-electron chi connectivity index (χ2n) is 3.48. The van der Waals surface area contributed by atoms with Crippen LogP contribution in [0, 0.1) is 0 Å². The van der Waals surface area contributed by atoms with Crippen LogP contribution in [0.1, 0.15) is 16.4 Å². The molecule has 2 N–H and O–H groups in total. The first kappa shape index (κ1) is 12.1. The van der Waals surface area contributed by atoms with Crippen molar-refractivity contribution in [2.24, 2.45) is 5.73 Å². The van der Waals surface area contributed by atoms with Gasteiger partial charge in [0.15, 0.2) is 0 Å². The average Bonchev–Trinajstić information content (AvgIpc) is 2.69. The molecule has 2 aromatic rings. The Hall–Kier alpha value is -0.350. The molecule has 0 spiro atoms. The molecule has 0 amide bonds. The molecule has 1 heterocycles. The molecule has 0 radical (unpaired) electrons. The third kappa shape index (κ3) is 2.66. The van der Waals surface area contributed by atoms with E-state index in [0.29, 0.717) is 6.54 Å². The predicted molar refractivity (Wildman–Crippen MR) is 74.4 cm³/mol. The minimum absolute atomic E-state index is 0.241. The van der Waals surface area contributed by atoms with Crippen LogP contribution in [-0.2, 0) is 0 Å². The van der Waals surface area contributed by atoms with Crippen molar-refractivity contribution < 1.29 is 0 Å². The summed E-state index contributed by atoms with van der Waals surface area (Å²) in [5.74, 6) is 0.241. The van der Waals surface area contributed by atoms with Gasteiger partial charge in [-0.2, -0.15) is 0 Å². The van der Waals surface area contributed by atoms with E-state index in [0.717, 1.165) is 8.81 Å². The number of rotatable bonds is 3. The van der Waals surface area contributed by atoms with E-state index < -0.39 is 0 Å². The minimum Gasteiger partial charge on any atom is -0.329 e. The Kier molecular flexibility index (Phi) is 4.03. The maximum atomic E-state index is 5.94. The van der Waals surface area contributed by atoms with Crippen LogP contribution >= 0.6 is 38.9 Å². The molecule has 0 aliphatic rings. The molecule has 0 aliphatic carbocycles. The molecule has 0 saturated carbocycles. The van der Waals surface area contributed by atoms with Gasteiger partial charge in [0, 0.05) is 21.8 Å². The first-order valence-corrected chi connectivity index (χ1v) is 6.90. The molecule has 2 rings (SSSR count). The van der Waals surface area contributed by atoms with Gasteiger partial charge in [0.1, 0.15) is 0 Å². The molecule has 1 nitrogen and oxygen atoms in total. The molecule has 1 atom stereocenters. The lowest BCUT2D eigenvalue weighted by molar-refractivity contribution is 0.835. The summed E-state index contributed by atoms with van der Waals surface area (Å²) < 4.78 is 1.89. The highest BCUT2D eigenvalue weighted by Gasteiger charge is 2.14. The molecule has 0 saturated heterocycles. The smallest absolute Gasteiger partial charge is 0.0931 e. The molecule has 0 aliphatic heterocycles. The summed E-state index contributed by atoms with van der Waals surface area (Å²) in [5.41, 5.74) is 7.06. The summed E-state index contributed by atoms with van der Waals surface area (Å²) in [4.78, 5) is 1.22. The maximum absolute atomic E-state index is 5.94. The number of halogens is 2. The highest BCUT2D eigenvalue weighted by Crippen LogP contribution is 2.32. The Labute approximate surface area is 112 Å². The number of hydrogen-bond acceptors (Lipinski definition) is 2. The number of benzene rings is 1. The van der Waals surface area contributed by atoms with Crippen molar-refractivity contribution in [3.05, 3.63) is 55.6 Å². The summed E-state index contributed by atoms with van der Waals surface area (Å²) in [6, 6.07) is 12.2. The van der Waals surface area contributed by atoms with E-state index in [4.69, 9.17) is 17.3 Å². The van der Waals surface area contributed by atoms with Gasteiger partial charge in [-0.15, -0.1) is 11.3 Å². The van der Waals surface area contributed by atoms with Crippen LogP contribution in [0.25, 0.3) is 0 Å². The van der Waals surface area contributed by atoms with Gasteiger partial charge in [-0.05, 0) is 29.8 Å². The zero-order chi connectivity index (χ0) is 11.5. The molecule has 16 heavy (non-hydrogen) atoms. The normalized spacial score (nSPS) is 12.7. The van der Waals surface area contributed by atoms with Crippen molar-refractivity contribution in [3.63, 3.8) is 0 Å². The Balaban J connectivity index is 2.32. The number of hydrogen-bond donors (Lipinski definition) is 1. The van der Waals surface area contributed by atoms with E-state index >= 15 is 0 Å². The highest BCUT2D eigenvalue weighted by atomic mass is 79.9. The molecule has 1 aromatic carbocycles. The van der Waals surface area contributed by atoms with Gasteiger partial charge in [-0.1, -0.05) is 39.7 Å². The van der Waals surface area contributed by atoms with E-state index in [1.54, 1.807) is 11.3 Å². The van der Waals surface area contributed by atoms with Crippen LogP contribution in [0.4, 0.5) is 0 Å². The first-order valence-electron chi connectivity index (χ1n) is 4.91. The molecular weight excluding hydrogens is 306 g/mol. The summed E-state index contributed by atoms with van der Waals surface area (Å²) in [6.07, 6.45) is 0. The predicted octanol–water partition coefficient (Wildman–Crippen LogP) is 4.25. The monoisotopic (exact) mass is 315 g/mol. The molecule has 1 aromatic heterocycles. The average molecular weight is 317 g/mol. The Bertz CT molecular complexity index is 466. The Morgan fingerprint density at radius 3 is 2.38 bits per heavy atom. The lowest BCUT2D eigenvalue weighted by Crippen LogP contribution is -2.12. The van der Waals surface area contributed by atoms with Gasteiger partial charge < -0.3 is 5.73 Å². The molecule has 1 unspecified atom stereocenters. The third-order valence-electron chi connectivity index (χ3n) is 2.45. The zero-order valence-electron chi connectivity index (χ0n) is 8.49. The van der Waals surface area contributed by atoms with E-state index in [2.05, 4.69) is 28.1 Å². The van der Waals surface area contributed by atoms with Gasteiger partial charge in [-0.3, -0.25) is 0 Å². The summed E-state index contributed by atoms with van der Waals surface area (Å²) in [5, 5.41) is 0. The van der Waals surface area contributed by atoms with Crippen LogP contribution in [0.15, 0.2) is 40.9 Å². The van der Waals surface area contributed by atoms with Crippen molar-refractivity contribution in [3.8, 4) is 0 Å². The molecule has 0 fully saturated rings. The van der Waals surface area contributed by atoms with E-state index in [9.17, 15) is 0 Å². The topological polar surface area (TPSA) is 26.0 Å². The lowest BCUT2D eigenvalue weighted by Gasteiger charge is -2.13. The van der Waals surface area contributed by atoms with Gasteiger partial charge in [0.2, 0.25) is 0 Å². The molecule has 0 bridgehead atoms. The lowest BCUT2D eigenvalue weighted by atomic mass is 9.98. The number of thiophene rings is 1. The summed E-state index contributed by atoms with van der Waals surface area (Å²) in [7, 11) is 0. The van der Waals surface area contributed by atoms with Crippen molar-refractivity contribution in [2.75, 3.05) is 6.54 Å². The fourth-order valence-corrected chi connectivity index (χ4v) is 3.09. The van der Waals surface area contributed by atoms with Crippen LogP contribution in [0.3, 0.4) is 0 Å². The second-order valence-corrected chi connectivity index (χ2v) is 6.14. The standard InChI is InChI=1S/C12H11BrClNS/c13-9-3-1-8(2-4-9)10(7-15)11-5-6-12(14)16-11/h1-6,10H,7,15H2. The van der Waals surface area contributed by atoms with Crippen LogP contribution in [0.5, 0.6) is 0 Å². The van der Waals surface area contributed by atoms with Gasteiger partial charge in [-0.25, -0.2) is 0 Å². The number of nitrogens with two attached hydrogens (primary N) is 1. The summed E-state index contributed by atoms with van der Waals surface area (Å²) >= 11 is 11.0. The van der Waals surface area contributed by atoms with E-state index in [-0.39, 0.29) is 5.92 Å². The van der Waals surface area contributed by atoms with Gasteiger partial charge in [0.05, 0.1) is 4.34 Å². The first-order chi connectivity index (χ1) is 7.70. The van der Waals surface area contributed by atoms with Crippen LogP contribution in [-0.4, -0.2) is 6.54 Å². The molecule has 4 heteroatoms. The quantitative estimate of drug-likeness (QED) is 0.900. The Morgan fingerprint density at radius 2 is 1.88 bits per heavy atom. The molecule has 84 valence electrons. The second kappa shape index (κ2) is 5.32.